The second kappa shape index (κ2) is 7.24. The topological polar surface area (TPSA) is 12.0 Å². The van der Waals surface area contributed by atoms with Crippen LogP contribution in [0.4, 0.5) is 13.2 Å². The Morgan fingerprint density at radius 2 is 1.82 bits per heavy atom. The molecular weight excluding hydrogens is 227 g/mol. The molecule has 0 spiro atoms. The van der Waals surface area contributed by atoms with Crippen molar-refractivity contribution in [3.05, 3.63) is 0 Å². The molecule has 17 heavy (non-hydrogen) atoms. The van der Waals surface area contributed by atoms with Crippen molar-refractivity contribution in [1.29, 1.82) is 0 Å². The minimum atomic E-state index is -4.00. The van der Waals surface area contributed by atoms with Crippen molar-refractivity contribution >= 4 is 0 Å². The van der Waals surface area contributed by atoms with Crippen molar-refractivity contribution in [2.45, 2.75) is 70.5 Å². The molecule has 4 heteroatoms. The zero-order valence-electron chi connectivity index (χ0n) is 10.7. The zero-order valence-corrected chi connectivity index (χ0v) is 10.7. The minimum Gasteiger partial charge on any atom is -0.314 e. The van der Waals surface area contributed by atoms with Gasteiger partial charge in [-0.25, -0.2) is 0 Å². The molecule has 1 fully saturated rings. The van der Waals surface area contributed by atoms with E-state index in [0.29, 0.717) is 18.4 Å². The van der Waals surface area contributed by atoms with E-state index in [4.69, 9.17) is 0 Å². The monoisotopic (exact) mass is 251 g/mol. The Morgan fingerprint density at radius 3 is 2.35 bits per heavy atom. The van der Waals surface area contributed by atoms with E-state index < -0.39 is 12.6 Å². The van der Waals surface area contributed by atoms with Crippen LogP contribution in [-0.2, 0) is 0 Å². The maximum absolute atomic E-state index is 12.1. The van der Waals surface area contributed by atoms with Gasteiger partial charge in [-0.05, 0) is 38.1 Å². The summed E-state index contributed by atoms with van der Waals surface area (Å²) >= 11 is 0. The predicted octanol–water partition coefficient (Wildman–Crippen LogP) is 4.28. The zero-order chi connectivity index (χ0) is 12.7. The first-order valence-corrected chi connectivity index (χ1v) is 6.83. The van der Waals surface area contributed by atoms with E-state index in [0.717, 1.165) is 6.54 Å². The molecule has 1 rings (SSSR count). The molecule has 0 heterocycles. The third-order valence-corrected chi connectivity index (χ3v) is 3.66. The van der Waals surface area contributed by atoms with Crippen LogP contribution in [0.25, 0.3) is 0 Å². The van der Waals surface area contributed by atoms with Crippen molar-refractivity contribution in [1.82, 2.24) is 5.32 Å². The maximum atomic E-state index is 12.1. The van der Waals surface area contributed by atoms with Crippen LogP contribution in [0, 0.1) is 5.92 Å². The molecule has 1 nitrogen and oxygen atoms in total. The van der Waals surface area contributed by atoms with Crippen molar-refractivity contribution in [3.63, 3.8) is 0 Å². The van der Waals surface area contributed by atoms with E-state index in [9.17, 15) is 13.2 Å². The van der Waals surface area contributed by atoms with E-state index in [1.165, 1.54) is 32.1 Å². The molecular formula is C13H24F3N. The number of hydrogen-bond acceptors (Lipinski definition) is 1. The van der Waals surface area contributed by atoms with Crippen LogP contribution in [0.5, 0.6) is 0 Å². The molecule has 0 amide bonds. The Labute approximate surface area is 102 Å². The molecule has 0 bridgehead atoms. The highest BCUT2D eigenvalue weighted by atomic mass is 19.4. The van der Waals surface area contributed by atoms with Gasteiger partial charge in [-0.15, -0.1) is 0 Å². The molecule has 1 atom stereocenters. The summed E-state index contributed by atoms with van der Waals surface area (Å²) in [5, 5.41) is 3.37. The fraction of sp³-hybridized carbons (Fsp3) is 1.00. The number of alkyl halides is 3. The van der Waals surface area contributed by atoms with E-state index in [1.54, 1.807) is 0 Å². The van der Waals surface area contributed by atoms with Crippen LogP contribution < -0.4 is 5.32 Å². The molecule has 0 aromatic heterocycles. The van der Waals surface area contributed by atoms with Gasteiger partial charge in [0, 0.05) is 12.5 Å². The van der Waals surface area contributed by atoms with Crippen molar-refractivity contribution in [3.8, 4) is 0 Å². The molecule has 0 radical (unpaired) electrons. The van der Waals surface area contributed by atoms with E-state index in [-0.39, 0.29) is 6.42 Å². The molecule has 1 aliphatic rings. The smallest absolute Gasteiger partial charge is 0.314 e. The lowest BCUT2D eigenvalue weighted by Crippen LogP contribution is -2.37. The second-order valence-electron chi connectivity index (χ2n) is 5.07. The lowest BCUT2D eigenvalue weighted by molar-refractivity contribution is -0.136. The molecule has 1 saturated carbocycles. The first-order chi connectivity index (χ1) is 8.03. The molecule has 1 unspecified atom stereocenters. The lowest BCUT2D eigenvalue weighted by Gasteiger charge is -2.31. The van der Waals surface area contributed by atoms with Crippen LogP contribution in [0.15, 0.2) is 0 Å². The normalized spacial score (nSPS) is 20.5. The van der Waals surface area contributed by atoms with Gasteiger partial charge in [0.25, 0.3) is 0 Å². The Hall–Kier alpha value is -0.250. The standard InChI is InChI=1S/C13H24F3N/c1-2-17-12(9-6-10-13(14,15)16)11-7-4-3-5-8-11/h11-12,17H,2-10H2,1H3. The molecule has 102 valence electrons. The summed E-state index contributed by atoms with van der Waals surface area (Å²) in [5.74, 6) is 0.594. The van der Waals surface area contributed by atoms with Crippen molar-refractivity contribution in [2.75, 3.05) is 6.54 Å². The largest absolute Gasteiger partial charge is 0.389 e. The van der Waals surface area contributed by atoms with Gasteiger partial charge in [-0.1, -0.05) is 26.2 Å². The van der Waals surface area contributed by atoms with Crippen LogP contribution in [0.3, 0.4) is 0 Å². The SMILES string of the molecule is CCNC(CCCC(F)(F)F)C1CCCCC1. The third-order valence-electron chi connectivity index (χ3n) is 3.66. The Bertz CT molecular complexity index is 197. The number of hydrogen-bond donors (Lipinski definition) is 1. The van der Waals surface area contributed by atoms with Crippen molar-refractivity contribution in [2.24, 2.45) is 5.92 Å². The molecule has 0 aromatic carbocycles. The van der Waals surface area contributed by atoms with Gasteiger partial charge < -0.3 is 5.32 Å². The van der Waals surface area contributed by atoms with Gasteiger partial charge in [-0.3, -0.25) is 0 Å². The molecule has 0 aliphatic heterocycles. The van der Waals surface area contributed by atoms with Crippen LogP contribution in [0.2, 0.25) is 0 Å². The van der Waals surface area contributed by atoms with Gasteiger partial charge in [0.2, 0.25) is 0 Å². The first-order valence-electron chi connectivity index (χ1n) is 6.83. The predicted molar refractivity (Wildman–Crippen MR) is 63.9 cm³/mol. The Balaban J connectivity index is 2.31. The van der Waals surface area contributed by atoms with Crippen LogP contribution >= 0.6 is 0 Å². The highest BCUT2D eigenvalue weighted by Gasteiger charge is 2.28. The van der Waals surface area contributed by atoms with Gasteiger partial charge in [0.05, 0.1) is 0 Å². The molecule has 1 N–H and O–H groups in total. The summed E-state index contributed by atoms with van der Waals surface area (Å²) in [6.45, 7) is 2.88. The lowest BCUT2D eigenvalue weighted by atomic mass is 9.82. The van der Waals surface area contributed by atoms with Gasteiger partial charge >= 0.3 is 6.18 Å². The molecule has 0 saturated heterocycles. The Kier molecular flexibility index (Phi) is 6.31. The van der Waals surface area contributed by atoms with Crippen molar-refractivity contribution < 1.29 is 13.2 Å². The summed E-state index contributed by atoms with van der Waals surface area (Å²) in [7, 11) is 0. The fourth-order valence-electron chi connectivity index (χ4n) is 2.83. The molecule has 0 aromatic rings. The highest BCUT2D eigenvalue weighted by Crippen LogP contribution is 2.30. The van der Waals surface area contributed by atoms with Gasteiger partial charge in [-0.2, -0.15) is 13.2 Å². The van der Waals surface area contributed by atoms with Crippen LogP contribution in [0.1, 0.15) is 58.3 Å². The van der Waals surface area contributed by atoms with Gasteiger partial charge in [0.15, 0.2) is 0 Å². The maximum Gasteiger partial charge on any atom is 0.389 e. The summed E-state index contributed by atoms with van der Waals surface area (Å²) in [6.07, 6.45) is 2.43. The first kappa shape index (κ1) is 14.8. The minimum absolute atomic E-state index is 0.262. The average Bonchev–Trinajstić information content (AvgIpc) is 2.27. The third kappa shape index (κ3) is 6.29. The van der Waals surface area contributed by atoms with Gasteiger partial charge in [0.1, 0.15) is 0 Å². The van der Waals surface area contributed by atoms with E-state index >= 15 is 0 Å². The quantitative estimate of drug-likeness (QED) is 0.743. The second-order valence-corrected chi connectivity index (χ2v) is 5.07. The summed E-state index contributed by atoms with van der Waals surface area (Å²) in [6, 6.07) is 0.294. The summed E-state index contributed by atoms with van der Waals surface area (Å²) in [4.78, 5) is 0. The Morgan fingerprint density at radius 1 is 1.18 bits per heavy atom. The number of nitrogens with one attached hydrogen (secondary N) is 1. The number of rotatable bonds is 6. The molecule has 1 aliphatic carbocycles. The van der Waals surface area contributed by atoms with Crippen LogP contribution in [-0.4, -0.2) is 18.8 Å². The summed E-state index contributed by atoms with van der Waals surface area (Å²) < 4.78 is 36.3. The summed E-state index contributed by atoms with van der Waals surface area (Å²) in [5.41, 5.74) is 0. The van der Waals surface area contributed by atoms with E-state index in [1.807, 2.05) is 6.92 Å². The fourth-order valence-corrected chi connectivity index (χ4v) is 2.83. The highest BCUT2D eigenvalue weighted by molar-refractivity contribution is 4.79. The van der Waals surface area contributed by atoms with E-state index in [2.05, 4.69) is 5.32 Å². The average molecular weight is 251 g/mol. The number of halogens is 3.